The molecule has 0 saturated heterocycles. The molecule has 2 aromatic heterocycles. The number of carbonyl (C=O) groups is 1. The van der Waals surface area contributed by atoms with E-state index in [9.17, 15) is 14.3 Å². The molecule has 0 fully saturated rings. The zero-order valence-electron chi connectivity index (χ0n) is 11.8. The second kappa shape index (κ2) is 6.32. The number of carbonyl (C=O) groups excluding carboxylic acids is 1. The monoisotopic (exact) mass is 313 g/mol. The number of hydrogen-bond acceptors (Lipinski definition) is 5. The fourth-order valence-corrected chi connectivity index (χ4v) is 1.95. The number of anilines is 1. The number of rotatable bonds is 4. The van der Waals surface area contributed by atoms with Crippen LogP contribution in [0.1, 0.15) is 16.1 Å². The Kier molecular flexibility index (Phi) is 4.07. The van der Waals surface area contributed by atoms with Gasteiger partial charge in [0.1, 0.15) is 5.82 Å². The number of nitrogens with one attached hydrogen (secondary N) is 1. The average Bonchev–Trinajstić information content (AvgIpc) is 3.06. The first-order chi connectivity index (χ1) is 11.2. The highest BCUT2D eigenvalue weighted by molar-refractivity contribution is 6.02. The van der Waals surface area contributed by atoms with Gasteiger partial charge in [0.15, 0.2) is 5.69 Å². The fraction of sp³-hybridized carbons (Fsp3) is 0.0667. The number of benzene rings is 1. The maximum Gasteiger partial charge on any atom is 0.277 e. The lowest BCUT2D eigenvalue weighted by Gasteiger charge is -2.06. The van der Waals surface area contributed by atoms with Crippen molar-refractivity contribution in [3.8, 4) is 5.69 Å². The molecule has 2 heterocycles. The second-order valence-corrected chi connectivity index (χ2v) is 4.67. The molecule has 0 aliphatic carbocycles. The third-order valence-electron chi connectivity index (χ3n) is 3.15. The van der Waals surface area contributed by atoms with E-state index in [0.29, 0.717) is 16.9 Å². The van der Waals surface area contributed by atoms with E-state index in [2.05, 4.69) is 20.6 Å². The molecule has 0 radical (unpaired) electrons. The summed E-state index contributed by atoms with van der Waals surface area (Å²) in [6, 6.07) is 7.23. The van der Waals surface area contributed by atoms with Crippen LogP contribution in [-0.4, -0.2) is 31.0 Å². The first kappa shape index (κ1) is 14.8. The second-order valence-electron chi connectivity index (χ2n) is 4.67. The van der Waals surface area contributed by atoms with Gasteiger partial charge in [-0.15, -0.1) is 5.10 Å². The van der Waals surface area contributed by atoms with Crippen LogP contribution in [0.4, 0.5) is 10.1 Å². The van der Waals surface area contributed by atoms with E-state index in [4.69, 9.17) is 0 Å². The predicted octanol–water partition coefficient (Wildman–Crippen LogP) is 1.55. The number of aromatic nitrogens is 4. The lowest BCUT2D eigenvalue weighted by atomic mass is 10.2. The fourth-order valence-electron chi connectivity index (χ4n) is 1.95. The van der Waals surface area contributed by atoms with Crippen LogP contribution in [0.15, 0.2) is 48.9 Å². The minimum atomic E-state index is -0.485. The summed E-state index contributed by atoms with van der Waals surface area (Å²) in [6.45, 7) is -0.222. The van der Waals surface area contributed by atoms with Crippen molar-refractivity contribution < 1.29 is 14.3 Å². The van der Waals surface area contributed by atoms with E-state index in [0.717, 1.165) is 0 Å². The van der Waals surface area contributed by atoms with Crippen LogP contribution in [0, 0.1) is 5.82 Å². The summed E-state index contributed by atoms with van der Waals surface area (Å²) >= 11 is 0. The SMILES string of the molecule is O=C(Nc1cnccc1CO)c1cn(-c2ccc(F)cc2)nn1. The summed E-state index contributed by atoms with van der Waals surface area (Å²) in [5.74, 6) is -0.846. The number of pyridine rings is 1. The van der Waals surface area contributed by atoms with Crippen molar-refractivity contribution >= 4 is 11.6 Å². The summed E-state index contributed by atoms with van der Waals surface area (Å²) in [5, 5.41) is 19.5. The third-order valence-corrected chi connectivity index (χ3v) is 3.15. The molecule has 0 spiro atoms. The molecule has 0 unspecified atom stereocenters. The standard InChI is InChI=1S/C15H12FN5O2/c16-11-1-3-12(4-2-11)21-8-14(19-20-21)15(23)18-13-7-17-6-5-10(13)9-22/h1-8,22H,9H2,(H,18,23). The molecule has 1 amide bonds. The van der Waals surface area contributed by atoms with Gasteiger partial charge in [0.2, 0.25) is 0 Å². The maximum atomic E-state index is 12.9. The largest absolute Gasteiger partial charge is 0.392 e. The van der Waals surface area contributed by atoms with Crippen molar-refractivity contribution in [3.05, 3.63) is 66.0 Å². The Bertz CT molecular complexity index is 832. The Balaban J connectivity index is 1.80. The number of halogens is 1. The molecule has 0 saturated carbocycles. The van der Waals surface area contributed by atoms with Crippen molar-refractivity contribution in [2.24, 2.45) is 0 Å². The number of aliphatic hydroxyl groups is 1. The highest BCUT2D eigenvalue weighted by Gasteiger charge is 2.13. The van der Waals surface area contributed by atoms with Crippen LogP contribution in [0.5, 0.6) is 0 Å². The number of nitrogens with zero attached hydrogens (tertiary/aromatic N) is 4. The topological polar surface area (TPSA) is 92.9 Å². The van der Waals surface area contributed by atoms with Crippen molar-refractivity contribution in [3.63, 3.8) is 0 Å². The molecule has 3 aromatic rings. The molecule has 0 bridgehead atoms. The van der Waals surface area contributed by atoms with Gasteiger partial charge in [0.05, 0.1) is 30.4 Å². The lowest BCUT2D eigenvalue weighted by molar-refractivity contribution is 0.102. The first-order valence-corrected chi connectivity index (χ1v) is 6.71. The van der Waals surface area contributed by atoms with Crippen LogP contribution >= 0.6 is 0 Å². The van der Waals surface area contributed by atoms with E-state index in [-0.39, 0.29) is 18.1 Å². The summed E-state index contributed by atoms with van der Waals surface area (Å²) in [7, 11) is 0. The van der Waals surface area contributed by atoms with Gasteiger partial charge < -0.3 is 10.4 Å². The first-order valence-electron chi connectivity index (χ1n) is 6.71. The Labute approximate surface area is 130 Å². The van der Waals surface area contributed by atoms with Gasteiger partial charge in [-0.1, -0.05) is 5.21 Å². The van der Waals surface area contributed by atoms with Gasteiger partial charge in [-0.25, -0.2) is 9.07 Å². The summed E-state index contributed by atoms with van der Waals surface area (Å²) < 4.78 is 14.3. The molecule has 0 atom stereocenters. The van der Waals surface area contributed by atoms with Gasteiger partial charge >= 0.3 is 0 Å². The van der Waals surface area contributed by atoms with Crippen LogP contribution in [0.25, 0.3) is 5.69 Å². The molecule has 23 heavy (non-hydrogen) atoms. The lowest BCUT2D eigenvalue weighted by Crippen LogP contribution is -2.14. The van der Waals surface area contributed by atoms with Crippen molar-refractivity contribution in [1.29, 1.82) is 0 Å². The Hall–Kier alpha value is -3.13. The number of amides is 1. The number of hydrogen-bond donors (Lipinski definition) is 2. The molecule has 8 heteroatoms. The van der Waals surface area contributed by atoms with Crippen molar-refractivity contribution in [2.75, 3.05) is 5.32 Å². The molecule has 0 aliphatic heterocycles. The minimum absolute atomic E-state index is 0.0852. The van der Waals surface area contributed by atoms with Crippen LogP contribution in [0.2, 0.25) is 0 Å². The molecule has 7 nitrogen and oxygen atoms in total. The van der Waals surface area contributed by atoms with Gasteiger partial charge in [0.25, 0.3) is 5.91 Å². The molecule has 1 aromatic carbocycles. The molecule has 0 aliphatic rings. The van der Waals surface area contributed by atoms with Gasteiger partial charge in [-0.05, 0) is 30.3 Å². The average molecular weight is 313 g/mol. The maximum absolute atomic E-state index is 12.9. The van der Waals surface area contributed by atoms with E-state index in [1.54, 1.807) is 6.07 Å². The summed E-state index contributed by atoms with van der Waals surface area (Å²) in [6.07, 6.45) is 4.39. The zero-order valence-corrected chi connectivity index (χ0v) is 11.8. The third kappa shape index (κ3) is 3.22. The van der Waals surface area contributed by atoms with Crippen LogP contribution in [0.3, 0.4) is 0 Å². The summed E-state index contributed by atoms with van der Waals surface area (Å²) in [4.78, 5) is 16.1. The number of aliphatic hydroxyl groups excluding tert-OH is 1. The molecular formula is C15H12FN5O2. The van der Waals surface area contributed by atoms with Gasteiger partial charge in [0, 0.05) is 11.8 Å². The Morgan fingerprint density at radius 2 is 2.04 bits per heavy atom. The minimum Gasteiger partial charge on any atom is -0.392 e. The van der Waals surface area contributed by atoms with E-state index in [1.165, 1.54) is 47.5 Å². The molecular weight excluding hydrogens is 301 g/mol. The van der Waals surface area contributed by atoms with E-state index in [1.807, 2.05) is 0 Å². The van der Waals surface area contributed by atoms with Crippen LogP contribution in [-0.2, 0) is 6.61 Å². The smallest absolute Gasteiger partial charge is 0.277 e. The quantitative estimate of drug-likeness (QED) is 0.762. The van der Waals surface area contributed by atoms with Gasteiger partial charge in [-0.3, -0.25) is 9.78 Å². The van der Waals surface area contributed by atoms with E-state index < -0.39 is 5.91 Å². The molecule has 116 valence electrons. The van der Waals surface area contributed by atoms with Gasteiger partial charge in [-0.2, -0.15) is 0 Å². The highest BCUT2D eigenvalue weighted by Crippen LogP contribution is 2.14. The molecule has 3 rings (SSSR count). The summed E-state index contributed by atoms with van der Waals surface area (Å²) in [5.41, 5.74) is 1.60. The normalized spacial score (nSPS) is 10.5. The molecule has 2 N–H and O–H groups in total. The predicted molar refractivity (Wildman–Crippen MR) is 79.4 cm³/mol. The highest BCUT2D eigenvalue weighted by atomic mass is 19.1. The Morgan fingerprint density at radius 1 is 1.26 bits per heavy atom. The van der Waals surface area contributed by atoms with E-state index >= 15 is 0 Å². The zero-order chi connectivity index (χ0) is 16.2. The van der Waals surface area contributed by atoms with Crippen molar-refractivity contribution in [2.45, 2.75) is 6.61 Å². The van der Waals surface area contributed by atoms with Crippen LogP contribution < -0.4 is 5.32 Å². The Morgan fingerprint density at radius 3 is 2.78 bits per heavy atom. The van der Waals surface area contributed by atoms with Crippen molar-refractivity contribution in [1.82, 2.24) is 20.0 Å².